The Morgan fingerprint density at radius 1 is 1.24 bits per heavy atom. The highest BCUT2D eigenvalue weighted by Gasteiger charge is 2.36. The first-order valence-electron chi connectivity index (χ1n) is 7.74. The molecule has 1 atom stereocenters. The summed E-state index contributed by atoms with van der Waals surface area (Å²) < 4.78 is 31.8. The Balaban J connectivity index is 1.89. The molecule has 2 aromatic carbocycles. The van der Waals surface area contributed by atoms with Crippen molar-refractivity contribution in [2.24, 2.45) is 0 Å². The number of anilines is 2. The molecule has 1 N–H and O–H groups in total. The van der Waals surface area contributed by atoms with Crippen LogP contribution < -0.4 is 14.4 Å². The van der Waals surface area contributed by atoms with Crippen LogP contribution in [0.2, 0.25) is 5.02 Å². The van der Waals surface area contributed by atoms with Gasteiger partial charge >= 0.3 is 0 Å². The lowest BCUT2D eigenvalue weighted by Crippen LogP contribution is -2.49. The van der Waals surface area contributed by atoms with Crippen LogP contribution in [-0.2, 0) is 14.8 Å². The second kappa shape index (κ2) is 6.93. The number of nitrogens with zero attached hydrogens (tertiary/aromatic N) is 1. The summed E-state index contributed by atoms with van der Waals surface area (Å²) in [5, 5.41) is 3.08. The van der Waals surface area contributed by atoms with Crippen LogP contribution in [0.4, 0.5) is 11.4 Å². The molecule has 0 spiro atoms. The van der Waals surface area contributed by atoms with Gasteiger partial charge in [-0.25, -0.2) is 8.42 Å². The monoisotopic (exact) mass is 380 g/mol. The van der Waals surface area contributed by atoms with E-state index < -0.39 is 22.0 Å². The molecule has 0 saturated heterocycles. The fourth-order valence-corrected chi connectivity index (χ4v) is 3.84. The molecule has 0 aromatic heterocycles. The Morgan fingerprint density at radius 2 is 1.92 bits per heavy atom. The summed E-state index contributed by atoms with van der Waals surface area (Å²) in [6.45, 7) is 1.47. The smallest absolute Gasteiger partial charge is 0.267 e. The lowest BCUT2D eigenvalue weighted by Gasteiger charge is -2.34. The van der Waals surface area contributed by atoms with Gasteiger partial charge in [-0.15, -0.1) is 0 Å². The van der Waals surface area contributed by atoms with Crippen molar-refractivity contribution in [2.45, 2.75) is 13.0 Å². The molecule has 0 unspecified atom stereocenters. The highest BCUT2D eigenvalue weighted by molar-refractivity contribution is 7.92. The van der Waals surface area contributed by atoms with E-state index in [1.165, 1.54) is 4.31 Å². The molecular formula is C17H17ClN2O4S. The van der Waals surface area contributed by atoms with Gasteiger partial charge in [0.15, 0.2) is 6.10 Å². The van der Waals surface area contributed by atoms with Crippen LogP contribution in [0.1, 0.15) is 6.92 Å². The van der Waals surface area contributed by atoms with E-state index in [9.17, 15) is 13.2 Å². The number of para-hydroxylation sites is 3. The summed E-state index contributed by atoms with van der Waals surface area (Å²) in [4.78, 5) is 12.6. The predicted octanol–water partition coefficient (Wildman–Crippen LogP) is 2.90. The van der Waals surface area contributed by atoms with E-state index in [0.29, 0.717) is 22.1 Å². The number of fused-ring (bicyclic) bond motifs is 1. The molecular weight excluding hydrogens is 364 g/mol. The molecule has 8 heteroatoms. The van der Waals surface area contributed by atoms with Crippen LogP contribution in [0.25, 0.3) is 0 Å². The lowest BCUT2D eigenvalue weighted by molar-refractivity contribution is -0.122. The van der Waals surface area contributed by atoms with E-state index >= 15 is 0 Å². The van der Waals surface area contributed by atoms with E-state index in [1.54, 1.807) is 55.5 Å². The summed E-state index contributed by atoms with van der Waals surface area (Å²) in [6, 6.07) is 13.6. The lowest BCUT2D eigenvalue weighted by atomic mass is 10.2. The highest BCUT2D eigenvalue weighted by Crippen LogP contribution is 2.35. The first-order valence-corrected chi connectivity index (χ1v) is 9.72. The van der Waals surface area contributed by atoms with Gasteiger partial charge < -0.3 is 10.1 Å². The Labute approximate surface area is 151 Å². The summed E-state index contributed by atoms with van der Waals surface area (Å²) in [7, 11) is -3.53. The number of benzene rings is 2. The molecule has 132 valence electrons. The SMILES string of the molecule is CCS(=O)(=O)N1C[C@H](C(=O)Nc2ccccc2Cl)Oc2ccccc21. The van der Waals surface area contributed by atoms with Crippen molar-refractivity contribution in [2.75, 3.05) is 21.9 Å². The van der Waals surface area contributed by atoms with Crippen molar-refractivity contribution in [1.29, 1.82) is 0 Å². The zero-order chi connectivity index (χ0) is 18.0. The Kier molecular flexibility index (Phi) is 4.87. The van der Waals surface area contributed by atoms with E-state index in [0.717, 1.165) is 0 Å². The molecule has 1 aliphatic heterocycles. The van der Waals surface area contributed by atoms with Crippen molar-refractivity contribution in [3.8, 4) is 5.75 Å². The number of carbonyl (C=O) groups is 1. The number of carbonyl (C=O) groups excluding carboxylic acids is 1. The van der Waals surface area contributed by atoms with E-state index in [-0.39, 0.29) is 12.3 Å². The van der Waals surface area contributed by atoms with Crippen molar-refractivity contribution >= 4 is 38.9 Å². The third kappa shape index (κ3) is 3.57. The summed E-state index contributed by atoms with van der Waals surface area (Å²) >= 11 is 6.05. The second-order valence-corrected chi connectivity index (χ2v) is 8.06. The zero-order valence-electron chi connectivity index (χ0n) is 13.5. The quantitative estimate of drug-likeness (QED) is 0.884. The van der Waals surface area contributed by atoms with Crippen molar-refractivity contribution in [3.05, 3.63) is 53.6 Å². The Hall–Kier alpha value is -2.25. The molecule has 0 bridgehead atoms. The van der Waals surface area contributed by atoms with Gasteiger partial charge in [-0.1, -0.05) is 35.9 Å². The maximum absolute atomic E-state index is 12.6. The van der Waals surface area contributed by atoms with E-state index in [1.807, 2.05) is 0 Å². The van der Waals surface area contributed by atoms with Gasteiger partial charge in [0.05, 0.1) is 28.7 Å². The van der Waals surface area contributed by atoms with Crippen molar-refractivity contribution in [3.63, 3.8) is 0 Å². The average Bonchev–Trinajstić information content (AvgIpc) is 2.62. The molecule has 0 aliphatic carbocycles. The fraction of sp³-hybridized carbons (Fsp3) is 0.235. The number of rotatable bonds is 4. The Morgan fingerprint density at radius 3 is 2.64 bits per heavy atom. The van der Waals surface area contributed by atoms with Crippen LogP contribution in [-0.4, -0.2) is 32.7 Å². The minimum absolute atomic E-state index is 0.0693. The van der Waals surface area contributed by atoms with Crippen LogP contribution in [0.15, 0.2) is 48.5 Å². The zero-order valence-corrected chi connectivity index (χ0v) is 15.0. The maximum atomic E-state index is 12.6. The summed E-state index contributed by atoms with van der Waals surface area (Å²) in [5.41, 5.74) is 0.882. The molecule has 6 nitrogen and oxygen atoms in total. The van der Waals surface area contributed by atoms with E-state index in [2.05, 4.69) is 5.32 Å². The van der Waals surface area contributed by atoms with Crippen LogP contribution in [0, 0.1) is 0 Å². The summed E-state index contributed by atoms with van der Waals surface area (Å²) in [6.07, 6.45) is -0.979. The number of amides is 1. The van der Waals surface area contributed by atoms with Gasteiger partial charge in [-0.05, 0) is 31.2 Å². The number of halogens is 1. The molecule has 0 fully saturated rings. The largest absolute Gasteiger partial charge is 0.476 e. The number of sulfonamides is 1. The predicted molar refractivity (Wildman–Crippen MR) is 97.7 cm³/mol. The normalized spacial score (nSPS) is 16.7. The van der Waals surface area contributed by atoms with Gasteiger partial charge in [-0.3, -0.25) is 9.10 Å². The first kappa shape index (κ1) is 17.6. The molecule has 2 aromatic rings. The van der Waals surface area contributed by atoms with Gasteiger partial charge in [0.2, 0.25) is 10.0 Å². The first-order chi connectivity index (χ1) is 11.9. The highest BCUT2D eigenvalue weighted by atomic mass is 35.5. The average molecular weight is 381 g/mol. The minimum Gasteiger partial charge on any atom is -0.476 e. The third-order valence-corrected chi connectivity index (χ3v) is 5.94. The van der Waals surface area contributed by atoms with Gasteiger partial charge in [-0.2, -0.15) is 0 Å². The second-order valence-electron chi connectivity index (χ2n) is 5.47. The van der Waals surface area contributed by atoms with Crippen LogP contribution in [0.3, 0.4) is 0 Å². The molecule has 1 amide bonds. The molecule has 3 rings (SSSR count). The maximum Gasteiger partial charge on any atom is 0.267 e. The number of nitrogens with one attached hydrogen (secondary N) is 1. The standard InChI is InChI=1S/C17H17ClN2O4S/c1-2-25(22,23)20-11-16(24-15-10-6-5-9-14(15)20)17(21)19-13-8-4-3-7-12(13)18/h3-10,16H,2,11H2,1H3,(H,19,21)/t16-/m1/s1. The topological polar surface area (TPSA) is 75.7 Å². The van der Waals surface area contributed by atoms with Crippen molar-refractivity contribution < 1.29 is 17.9 Å². The molecule has 0 saturated carbocycles. The molecule has 25 heavy (non-hydrogen) atoms. The number of hydrogen-bond acceptors (Lipinski definition) is 4. The third-order valence-electron chi connectivity index (χ3n) is 3.86. The van der Waals surface area contributed by atoms with Gasteiger partial charge in [0.25, 0.3) is 5.91 Å². The molecule has 1 aliphatic rings. The molecule has 1 heterocycles. The number of ether oxygens (including phenoxy) is 1. The minimum atomic E-state index is -3.53. The van der Waals surface area contributed by atoms with Crippen LogP contribution in [0.5, 0.6) is 5.75 Å². The molecule has 0 radical (unpaired) electrons. The van der Waals surface area contributed by atoms with E-state index in [4.69, 9.17) is 16.3 Å². The van der Waals surface area contributed by atoms with Crippen molar-refractivity contribution in [1.82, 2.24) is 0 Å². The van der Waals surface area contributed by atoms with Crippen LogP contribution >= 0.6 is 11.6 Å². The van der Waals surface area contributed by atoms with Gasteiger partial charge in [0.1, 0.15) is 5.75 Å². The Bertz CT molecular complexity index is 901. The summed E-state index contributed by atoms with van der Waals surface area (Å²) in [5.74, 6) is -0.177. The number of hydrogen-bond donors (Lipinski definition) is 1. The van der Waals surface area contributed by atoms with Gasteiger partial charge in [0, 0.05) is 0 Å². The fourth-order valence-electron chi connectivity index (χ4n) is 2.53.